The number of nitrogens with zero attached hydrogens (tertiary/aromatic N) is 2. The molecule has 1 aromatic heterocycles. The Bertz CT molecular complexity index is 845. The van der Waals surface area contributed by atoms with Gasteiger partial charge in [-0.3, -0.25) is 0 Å². The highest BCUT2D eigenvalue weighted by Crippen LogP contribution is 2.24. The van der Waals surface area contributed by atoms with E-state index >= 15 is 0 Å². The number of phenols is 1. The topological polar surface area (TPSA) is 55.2 Å². The first-order valence-electron chi connectivity index (χ1n) is 10.1. The van der Waals surface area contributed by atoms with Crippen molar-refractivity contribution >= 4 is 0 Å². The molecule has 3 rings (SSSR count). The van der Waals surface area contributed by atoms with E-state index in [0.717, 1.165) is 35.5 Å². The zero-order chi connectivity index (χ0) is 19.6. The van der Waals surface area contributed by atoms with Gasteiger partial charge in [0.15, 0.2) is 5.82 Å². The van der Waals surface area contributed by atoms with E-state index in [2.05, 4.69) is 16.9 Å². The smallest absolute Gasteiger partial charge is 0.159 e. The summed E-state index contributed by atoms with van der Waals surface area (Å²) in [5.74, 6) is 1.79. The van der Waals surface area contributed by atoms with Crippen LogP contribution in [-0.2, 0) is 0 Å². The van der Waals surface area contributed by atoms with Crippen molar-refractivity contribution in [2.75, 3.05) is 6.61 Å². The molecule has 0 aliphatic rings. The number of aromatic nitrogens is 2. The molecule has 28 heavy (non-hydrogen) atoms. The van der Waals surface area contributed by atoms with Crippen LogP contribution in [0, 0.1) is 0 Å². The van der Waals surface area contributed by atoms with Crippen molar-refractivity contribution in [3.8, 4) is 34.0 Å². The highest BCUT2D eigenvalue weighted by molar-refractivity contribution is 5.65. The minimum Gasteiger partial charge on any atom is -0.508 e. The van der Waals surface area contributed by atoms with E-state index in [0.29, 0.717) is 5.82 Å². The predicted molar refractivity (Wildman–Crippen MR) is 113 cm³/mol. The van der Waals surface area contributed by atoms with Gasteiger partial charge in [0, 0.05) is 23.5 Å². The number of hydrogen-bond donors (Lipinski definition) is 1. The Morgan fingerprint density at radius 1 is 0.786 bits per heavy atom. The molecule has 0 aliphatic heterocycles. The lowest BCUT2D eigenvalue weighted by molar-refractivity contribution is 0.304. The molecule has 0 fully saturated rings. The number of benzene rings is 2. The van der Waals surface area contributed by atoms with Gasteiger partial charge in [0.1, 0.15) is 11.5 Å². The summed E-state index contributed by atoms with van der Waals surface area (Å²) >= 11 is 0. The minimum absolute atomic E-state index is 0.234. The molecular weight excluding hydrogens is 348 g/mol. The van der Waals surface area contributed by atoms with Gasteiger partial charge in [0.05, 0.1) is 6.61 Å². The Hall–Kier alpha value is -2.88. The van der Waals surface area contributed by atoms with E-state index in [-0.39, 0.29) is 5.75 Å². The number of rotatable bonds is 10. The molecule has 0 saturated carbocycles. The zero-order valence-corrected chi connectivity index (χ0v) is 16.5. The molecule has 0 unspecified atom stereocenters. The summed E-state index contributed by atoms with van der Waals surface area (Å²) in [4.78, 5) is 8.92. The van der Waals surface area contributed by atoms with E-state index in [9.17, 15) is 5.11 Å². The van der Waals surface area contributed by atoms with Crippen molar-refractivity contribution in [1.82, 2.24) is 9.97 Å². The van der Waals surface area contributed by atoms with Gasteiger partial charge in [-0.25, -0.2) is 9.97 Å². The van der Waals surface area contributed by atoms with Gasteiger partial charge >= 0.3 is 0 Å². The van der Waals surface area contributed by atoms with Crippen LogP contribution >= 0.6 is 0 Å². The molecule has 0 bridgehead atoms. The van der Waals surface area contributed by atoms with Crippen LogP contribution in [0.3, 0.4) is 0 Å². The lowest BCUT2D eigenvalue weighted by Crippen LogP contribution is -1.97. The van der Waals surface area contributed by atoms with Gasteiger partial charge in [0.25, 0.3) is 0 Å². The van der Waals surface area contributed by atoms with Crippen LogP contribution < -0.4 is 4.74 Å². The van der Waals surface area contributed by atoms with Crippen LogP contribution in [0.1, 0.15) is 45.4 Å². The predicted octanol–water partition coefficient (Wildman–Crippen LogP) is 6.26. The summed E-state index contributed by atoms with van der Waals surface area (Å²) < 4.78 is 5.83. The highest BCUT2D eigenvalue weighted by atomic mass is 16.5. The first-order chi connectivity index (χ1) is 13.8. The second kappa shape index (κ2) is 10.5. The summed E-state index contributed by atoms with van der Waals surface area (Å²) in [5, 5.41) is 9.61. The molecule has 1 N–H and O–H groups in total. The summed E-state index contributed by atoms with van der Waals surface area (Å²) in [7, 11) is 0. The van der Waals surface area contributed by atoms with Crippen molar-refractivity contribution in [3.05, 3.63) is 60.9 Å². The summed E-state index contributed by atoms with van der Waals surface area (Å²) in [6.07, 6.45) is 11.1. The number of aromatic hydroxyl groups is 1. The number of unbranched alkanes of at least 4 members (excludes halogenated alkanes) is 5. The highest BCUT2D eigenvalue weighted by Gasteiger charge is 2.04. The SMILES string of the molecule is CCCCCCCCOc1ccc(-c2ncc(-c3cccc(O)c3)cn2)cc1. The fourth-order valence-electron chi connectivity index (χ4n) is 3.08. The Morgan fingerprint density at radius 2 is 1.50 bits per heavy atom. The molecule has 1 heterocycles. The van der Waals surface area contributed by atoms with Gasteiger partial charge in [-0.1, -0.05) is 51.2 Å². The van der Waals surface area contributed by atoms with Crippen LogP contribution in [0.5, 0.6) is 11.5 Å². The third-order valence-electron chi connectivity index (χ3n) is 4.71. The Labute approximate surface area is 167 Å². The lowest BCUT2D eigenvalue weighted by atomic mass is 10.1. The molecule has 0 atom stereocenters. The third-order valence-corrected chi connectivity index (χ3v) is 4.71. The van der Waals surface area contributed by atoms with Crippen LogP contribution in [0.15, 0.2) is 60.9 Å². The van der Waals surface area contributed by atoms with Crippen molar-refractivity contribution in [1.29, 1.82) is 0 Å². The Kier molecular flexibility index (Phi) is 7.42. The maximum absolute atomic E-state index is 9.61. The van der Waals surface area contributed by atoms with Crippen LogP contribution in [0.2, 0.25) is 0 Å². The maximum Gasteiger partial charge on any atom is 0.159 e. The molecule has 0 spiro atoms. The molecular formula is C24H28N2O2. The maximum atomic E-state index is 9.61. The number of phenolic OH excluding ortho intramolecular Hbond substituents is 1. The molecule has 146 valence electrons. The summed E-state index contributed by atoms with van der Waals surface area (Å²) in [6.45, 7) is 3.00. The number of ether oxygens (including phenoxy) is 1. The monoisotopic (exact) mass is 376 g/mol. The summed E-state index contributed by atoms with van der Waals surface area (Å²) in [5.41, 5.74) is 2.72. The molecule has 0 aliphatic carbocycles. The van der Waals surface area contributed by atoms with Gasteiger partial charge in [0.2, 0.25) is 0 Å². The normalized spacial score (nSPS) is 10.8. The fourth-order valence-corrected chi connectivity index (χ4v) is 3.08. The van der Waals surface area contributed by atoms with Gasteiger partial charge < -0.3 is 9.84 Å². The third kappa shape index (κ3) is 5.81. The van der Waals surface area contributed by atoms with Gasteiger partial charge in [-0.05, 0) is 48.4 Å². The van der Waals surface area contributed by atoms with Crippen molar-refractivity contribution in [2.45, 2.75) is 45.4 Å². The molecule has 2 aromatic carbocycles. The van der Waals surface area contributed by atoms with Gasteiger partial charge in [-0.15, -0.1) is 0 Å². The average Bonchev–Trinajstić information content (AvgIpc) is 2.74. The first-order valence-corrected chi connectivity index (χ1v) is 10.1. The standard InChI is InChI=1S/C24H28N2O2/c1-2-3-4-5-6-7-15-28-23-13-11-19(12-14-23)24-25-17-21(18-26-24)20-9-8-10-22(27)16-20/h8-14,16-18,27H,2-7,15H2,1H3. The van der Waals surface area contributed by atoms with E-state index in [4.69, 9.17) is 4.74 Å². The van der Waals surface area contributed by atoms with E-state index in [1.165, 1.54) is 32.1 Å². The summed E-state index contributed by atoms with van der Waals surface area (Å²) in [6, 6.07) is 15.0. The van der Waals surface area contributed by atoms with E-state index < -0.39 is 0 Å². The quantitative estimate of drug-likeness (QED) is 0.425. The first kappa shape index (κ1) is 19.9. The Morgan fingerprint density at radius 3 is 2.21 bits per heavy atom. The number of hydrogen-bond acceptors (Lipinski definition) is 4. The molecule has 0 saturated heterocycles. The van der Waals surface area contributed by atoms with Gasteiger partial charge in [-0.2, -0.15) is 0 Å². The molecule has 3 aromatic rings. The molecule has 4 heteroatoms. The second-order valence-electron chi connectivity index (χ2n) is 6.99. The largest absolute Gasteiger partial charge is 0.508 e. The van der Waals surface area contributed by atoms with Crippen molar-refractivity contribution < 1.29 is 9.84 Å². The van der Waals surface area contributed by atoms with Crippen molar-refractivity contribution in [3.63, 3.8) is 0 Å². The van der Waals surface area contributed by atoms with Crippen LogP contribution in [0.4, 0.5) is 0 Å². The van der Waals surface area contributed by atoms with Crippen LogP contribution in [-0.4, -0.2) is 21.7 Å². The fraction of sp³-hybridized carbons (Fsp3) is 0.333. The second-order valence-corrected chi connectivity index (χ2v) is 6.99. The van der Waals surface area contributed by atoms with E-state index in [1.54, 1.807) is 24.5 Å². The van der Waals surface area contributed by atoms with Crippen LogP contribution in [0.25, 0.3) is 22.5 Å². The molecule has 0 amide bonds. The Balaban J connectivity index is 1.52. The van der Waals surface area contributed by atoms with E-state index in [1.807, 2.05) is 36.4 Å². The molecule has 0 radical (unpaired) electrons. The average molecular weight is 377 g/mol. The zero-order valence-electron chi connectivity index (χ0n) is 16.5. The minimum atomic E-state index is 0.234. The lowest BCUT2D eigenvalue weighted by Gasteiger charge is -2.07. The van der Waals surface area contributed by atoms with Crippen molar-refractivity contribution in [2.24, 2.45) is 0 Å². The molecule has 4 nitrogen and oxygen atoms in total.